The van der Waals surface area contributed by atoms with Crippen LogP contribution in [0.1, 0.15) is 36.7 Å². The third kappa shape index (κ3) is 3.50. The number of anilines is 1. The van der Waals surface area contributed by atoms with Crippen molar-refractivity contribution in [1.82, 2.24) is 9.78 Å². The summed E-state index contributed by atoms with van der Waals surface area (Å²) in [5.41, 5.74) is 6.35. The molecule has 0 unspecified atom stereocenters. The van der Waals surface area contributed by atoms with Gasteiger partial charge in [-0.1, -0.05) is 53.6 Å². The molecule has 0 saturated heterocycles. The molecule has 0 radical (unpaired) electrons. The standard InChI is InChI=1S/C24H24ClN3O2/c1-5-30-24(29)21-15(3)26-23-20(17-10-12-19(25)13-11-17)16(4)27-28(23)22(21)18-8-6-14(2)7-9-18/h6-13,22,26H,5H2,1-4H3/t22-/m1/s1. The Morgan fingerprint density at radius 1 is 1.10 bits per heavy atom. The van der Waals surface area contributed by atoms with E-state index in [1.165, 1.54) is 0 Å². The minimum Gasteiger partial charge on any atom is -0.463 e. The first-order valence-electron chi connectivity index (χ1n) is 9.97. The van der Waals surface area contributed by atoms with Gasteiger partial charge in [0.1, 0.15) is 11.9 Å². The molecule has 2 heterocycles. The number of nitrogens with zero attached hydrogens (tertiary/aromatic N) is 2. The van der Waals surface area contributed by atoms with Gasteiger partial charge >= 0.3 is 5.97 Å². The Labute approximate surface area is 181 Å². The Morgan fingerprint density at radius 3 is 2.40 bits per heavy atom. The number of aromatic nitrogens is 2. The van der Waals surface area contributed by atoms with Crippen molar-refractivity contribution in [2.75, 3.05) is 11.9 Å². The number of rotatable bonds is 4. The molecule has 0 spiro atoms. The molecule has 1 aliphatic rings. The molecular formula is C24H24ClN3O2. The third-order valence-electron chi connectivity index (χ3n) is 5.33. The van der Waals surface area contributed by atoms with Crippen molar-refractivity contribution in [3.63, 3.8) is 0 Å². The maximum atomic E-state index is 12.9. The average molecular weight is 422 g/mol. The van der Waals surface area contributed by atoms with Crippen molar-refractivity contribution in [2.24, 2.45) is 0 Å². The van der Waals surface area contributed by atoms with Gasteiger partial charge in [-0.25, -0.2) is 9.48 Å². The summed E-state index contributed by atoms with van der Waals surface area (Å²) in [5.74, 6) is 0.519. The van der Waals surface area contributed by atoms with Crippen molar-refractivity contribution < 1.29 is 9.53 Å². The first kappa shape index (κ1) is 20.2. The summed E-state index contributed by atoms with van der Waals surface area (Å²) in [6, 6.07) is 15.5. The zero-order chi connectivity index (χ0) is 21.4. The topological polar surface area (TPSA) is 56.1 Å². The van der Waals surface area contributed by atoms with Crippen LogP contribution in [0.25, 0.3) is 11.1 Å². The number of ether oxygens (including phenoxy) is 1. The molecule has 1 aromatic heterocycles. The predicted molar refractivity (Wildman–Crippen MR) is 120 cm³/mol. The lowest BCUT2D eigenvalue weighted by Gasteiger charge is -2.30. The molecule has 6 heteroatoms. The number of carbonyl (C=O) groups is 1. The van der Waals surface area contributed by atoms with Crippen LogP contribution in [0.3, 0.4) is 0 Å². The van der Waals surface area contributed by atoms with Gasteiger partial charge in [-0.15, -0.1) is 0 Å². The monoisotopic (exact) mass is 421 g/mol. The van der Waals surface area contributed by atoms with Crippen LogP contribution < -0.4 is 5.32 Å². The normalized spacial score (nSPS) is 15.6. The van der Waals surface area contributed by atoms with Crippen LogP contribution in [0.2, 0.25) is 5.02 Å². The van der Waals surface area contributed by atoms with E-state index in [4.69, 9.17) is 21.4 Å². The number of benzene rings is 2. The van der Waals surface area contributed by atoms with Crippen LogP contribution >= 0.6 is 11.6 Å². The van der Waals surface area contributed by atoms with Crippen LogP contribution in [0.5, 0.6) is 0 Å². The maximum absolute atomic E-state index is 12.9. The fourth-order valence-electron chi connectivity index (χ4n) is 3.92. The summed E-state index contributed by atoms with van der Waals surface area (Å²) in [4.78, 5) is 12.9. The second-order valence-electron chi connectivity index (χ2n) is 7.46. The zero-order valence-corrected chi connectivity index (χ0v) is 18.2. The van der Waals surface area contributed by atoms with Gasteiger partial charge in [0, 0.05) is 16.3 Å². The van der Waals surface area contributed by atoms with E-state index in [9.17, 15) is 4.79 Å². The fourth-order valence-corrected chi connectivity index (χ4v) is 4.04. The van der Waals surface area contributed by atoms with Crippen LogP contribution in [0.15, 0.2) is 59.8 Å². The van der Waals surface area contributed by atoms with Crippen molar-refractivity contribution >= 4 is 23.4 Å². The molecule has 5 nitrogen and oxygen atoms in total. The molecule has 4 rings (SSSR count). The Morgan fingerprint density at radius 2 is 1.77 bits per heavy atom. The fraction of sp³-hybridized carbons (Fsp3) is 0.250. The number of allylic oxidation sites excluding steroid dienone is 1. The van der Waals surface area contributed by atoms with Gasteiger partial charge in [-0.05, 0) is 51.0 Å². The van der Waals surface area contributed by atoms with E-state index in [0.29, 0.717) is 17.2 Å². The number of hydrogen-bond donors (Lipinski definition) is 1. The lowest BCUT2D eigenvalue weighted by Crippen LogP contribution is -2.29. The first-order chi connectivity index (χ1) is 14.4. The quantitative estimate of drug-likeness (QED) is 0.551. The molecule has 0 saturated carbocycles. The highest BCUT2D eigenvalue weighted by molar-refractivity contribution is 6.30. The number of nitrogens with one attached hydrogen (secondary N) is 1. The van der Waals surface area contributed by atoms with Crippen LogP contribution in [0.4, 0.5) is 5.82 Å². The number of aryl methyl sites for hydroxylation is 2. The van der Waals surface area contributed by atoms with Gasteiger partial charge in [-0.3, -0.25) is 0 Å². The SMILES string of the molecule is CCOC(=O)C1=C(C)Nc2c(-c3ccc(Cl)cc3)c(C)nn2[C@@H]1c1ccc(C)cc1. The molecule has 1 aliphatic heterocycles. The molecule has 0 bridgehead atoms. The van der Waals surface area contributed by atoms with E-state index in [1.807, 2.05) is 80.9 Å². The van der Waals surface area contributed by atoms with Crippen LogP contribution in [0, 0.1) is 13.8 Å². The van der Waals surface area contributed by atoms with Crippen LogP contribution in [-0.2, 0) is 9.53 Å². The highest BCUT2D eigenvalue weighted by atomic mass is 35.5. The molecule has 1 N–H and O–H groups in total. The summed E-state index contributed by atoms with van der Waals surface area (Å²) in [5, 5.41) is 8.93. The van der Waals surface area contributed by atoms with Crippen molar-refractivity contribution in [3.8, 4) is 11.1 Å². The Bertz CT molecular complexity index is 1130. The first-order valence-corrected chi connectivity index (χ1v) is 10.3. The zero-order valence-electron chi connectivity index (χ0n) is 17.5. The van der Waals surface area contributed by atoms with E-state index >= 15 is 0 Å². The summed E-state index contributed by atoms with van der Waals surface area (Å²) >= 11 is 6.08. The summed E-state index contributed by atoms with van der Waals surface area (Å²) in [7, 11) is 0. The van der Waals surface area contributed by atoms with Gasteiger partial charge in [0.05, 0.1) is 17.9 Å². The molecule has 0 amide bonds. The van der Waals surface area contributed by atoms with Gasteiger partial charge in [0.2, 0.25) is 0 Å². The highest BCUT2D eigenvalue weighted by Crippen LogP contribution is 2.42. The van der Waals surface area contributed by atoms with Gasteiger partial charge < -0.3 is 10.1 Å². The Kier molecular flexibility index (Phi) is 5.39. The second kappa shape index (κ2) is 8.00. The lowest BCUT2D eigenvalue weighted by molar-refractivity contribution is -0.139. The van der Waals surface area contributed by atoms with Crippen molar-refractivity contribution in [2.45, 2.75) is 33.7 Å². The number of carbonyl (C=O) groups excluding carboxylic acids is 1. The Hall–Kier alpha value is -3.05. The van der Waals surface area contributed by atoms with E-state index in [0.717, 1.165) is 39.5 Å². The molecule has 0 fully saturated rings. The molecule has 30 heavy (non-hydrogen) atoms. The lowest BCUT2D eigenvalue weighted by atomic mass is 9.94. The number of esters is 1. The van der Waals surface area contributed by atoms with E-state index in [2.05, 4.69) is 5.32 Å². The summed E-state index contributed by atoms with van der Waals surface area (Å²) in [6.45, 7) is 8.05. The van der Waals surface area contributed by atoms with Crippen LogP contribution in [-0.4, -0.2) is 22.4 Å². The predicted octanol–water partition coefficient (Wildman–Crippen LogP) is 5.67. The smallest absolute Gasteiger partial charge is 0.338 e. The van der Waals surface area contributed by atoms with E-state index in [-0.39, 0.29) is 12.0 Å². The average Bonchev–Trinajstić information content (AvgIpc) is 3.04. The maximum Gasteiger partial charge on any atom is 0.338 e. The molecular weight excluding hydrogens is 398 g/mol. The van der Waals surface area contributed by atoms with Gasteiger partial charge in [-0.2, -0.15) is 5.10 Å². The van der Waals surface area contributed by atoms with E-state index in [1.54, 1.807) is 0 Å². The minimum absolute atomic E-state index is 0.317. The van der Waals surface area contributed by atoms with Crippen molar-refractivity contribution in [1.29, 1.82) is 0 Å². The van der Waals surface area contributed by atoms with Gasteiger partial charge in [0.25, 0.3) is 0 Å². The van der Waals surface area contributed by atoms with Crippen molar-refractivity contribution in [3.05, 3.63) is 81.6 Å². The Balaban J connectivity index is 1.92. The summed E-state index contributed by atoms with van der Waals surface area (Å²) in [6.07, 6.45) is 0. The molecule has 3 aromatic rings. The molecule has 1 atom stereocenters. The number of hydrogen-bond acceptors (Lipinski definition) is 4. The third-order valence-corrected chi connectivity index (χ3v) is 5.59. The van der Waals surface area contributed by atoms with E-state index < -0.39 is 0 Å². The number of halogens is 1. The molecule has 0 aliphatic carbocycles. The molecule has 154 valence electrons. The van der Waals surface area contributed by atoms with Gasteiger partial charge in [0.15, 0.2) is 0 Å². The largest absolute Gasteiger partial charge is 0.463 e. The number of fused-ring (bicyclic) bond motifs is 1. The second-order valence-corrected chi connectivity index (χ2v) is 7.89. The highest BCUT2D eigenvalue weighted by Gasteiger charge is 2.36. The summed E-state index contributed by atoms with van der Waals surface area (Å²) < 4.78 is 7.28. The minimum atomic E-state index is -0.374. The molecule has 2 aromatic carbocycles.